The Hall–Kier alpha value is -4.85. The Kier molecular flexibility index (Phi) is 9.67. The summed E-state index contributed by atoms with van der Waals surface area (Å²) in [5.74, 6) is -0.414. The van der Waals surface area contributed by atoms with Crippen LogP contribution in [0.4, 0.5) is 24.9 Å². The number of aliphatic carboxylic acids is 1. The van der Waals surface area contributed by atoms with Gasteiger partial charge < -0.3 is 30.5 Å². The molecule has 6 rings (SSSR count). The summed E-state index contributed by atoms with van der Waals surface area (Å²) in [6, 6.07) is 14.6. The second kappa shape index (κ2) is 13.8. The molecule has 3 atom stereocenters. The van der Waals surface area contributed by atoms with E-state index in [9.17, 15) is 23.1 Å². The lowest BCUT2D eigenvalue weighted by Gasteiger charge is -2.43. The number of aryl methyl sites for hydroxylation is 1. The molecule has 0 aliphatic carbocycles. The number of nitrogens with two attached hydrogens (primary N) is 1. The first kappa shape index (κ1) is 35.0. The van der Waals surface area contributed by atoms with Crippen LogP contribution in [0.3, 0.4) is 0 Å². The van der Waals surface area contributed by atoms with Gasteiger partial charge in [-0.2, -0.15) is 28.2 Å². The Morgan fingerprint density at radius 3 is 2.46 bits per heavy atom. The maximum absolute atomic E-state index is 15.0. The van der Waals surface area contributed by atoms with Crippen LogP contribution in [0.1, 0.15) is 63.8 Å². The number of halogens is 3. The predicted octanol–water partition coefficient (Wildman–Crippen LogP) is 6.50. The van der Waals surface area contributed by atoms with E-state index >= 15 is 0 Å². The van der Waals surface area contributed by atoms with E-state index in [1.54, 1.807) is 31.3 Å². The van der Waals surface area contributed by atoms with E-state index in [0.717, 1.165) is 12.0 Å². The maximum Gasteiger partial charge on any atom is 0.429 e. The van der Waals surface area contributed by atoms with E-state index in [2.05, 4.69) is 20.4 Å². The van der Waals surface area contributed by atoms with Crippen molar-refractivity contribution < 1.29 is 32.5 Å². The molecule has 2 aliphatic heterocycles. The molecular weight excluding hydrogens is 651 g/mol. The molecule has 4 heterocycles. The zero-order chi connectivity index (χ0) is 35.8. The Morgan fingerprint density at radius 1 is 1.08 bits per heavy atom. The second-order valence-electron chi connectivity index (χ2n) is 13.4. The Morgan fingerprint density at radius 2 is 1.82 bits per heavy atom. The topological polar surface area (TPSA) is 141 Å². The normalized spacial score (nSPS) is 19.6. The molecule has 2 saturated heterocycles. The number of nitrogens with zero attached hydrogens (tertiary/aromatic N) is 5. The number of carbonyl (C=O) groups is 1. The van der Waals surface area contributed by atoms with Gasteiger partial charge in [-0.25, -0.2) is 4.68 Å². The molecule has 2 aromatic heterocycles. The van der Waals surface area contributed by atoms with E-state index in [0.29, 0.717) is 55.2 Å². The van der Waals surface area contributed by atoms with Gasteiger partial charge in [0, 0.05) is 37.0 Å². The average Bonchev–Trinajstić information content (AvgIpc) is 3.66. The lowest BCUT2D eigenvalue weighted by molar-refractivity contribution is -0.198. The van der Waals surface area contributed by atoms with Crippen molar-refractivity contribution in [3.05, 3.63) is 72.1 Å². The fraction of sp³-hybridized carbons (Fsp3) is 0.444. The summed E-state index contributed by atoms with van der Waals surface area (Å²) >= 11 is 0. The third kappa shape index (κ3) is 7.35. The van der Waals surface area contributed by atoms with Crippen LogP contribution in [0.15, 0.2) is 60.8 Å². The Balaban J connectivity index is 1.30. The van der Waals surface area contributed by atoms with E-state index < -0.39 is 24.3 Å². The van der Waals surface area contributed by atoms with E-state index in [1.807, 2.05) is 49.9 Å². The molecule has 0 saturated carbocycles. The largest absolute Gasteiger partial charge is 0.491 e. The number of carboxylic acids is 1. The first-order chi connectivity index (χ1) is 23.7. The fourth-order valence-corrected chi connectivity index (χ4v) is 7.26. The van der Waals surface area contributed by atoms with E-state index in [4.69, 9.17) is 15.2 Å². The van der Waals surface area contributed by atoms with Gasteiger partial charge in [0.2, 0.25) is 17.9 Å². The van der Waals surface area contributed by atoms with Crippen LogP contribution in [0.2, 0.25) is 0 Å². The number of rotatable bonds is 10. The number of benzene rings is 2. The minimum absolute atomic E-state index is 0.0487. The fourth-order valence-electron chi connectivity index (χ4n) is 7.26. The van der Waals surface area contributed by atoms with Crippen molar-refractivity contribution in [2.45, 2.75) is 83.8 Å². The highest BCUT2D eigenvalue weighted by atomic mass is 19.4. The van der Waals surface area contributed by atoms with Crippen molar-refractivity contribution in [2.24, 2.45) is 5.41 Å². The minimum Gasteiger partial charge on any atom is -0.491 e. The van der Waals surface area contributed by atoms with Crippen molar-refractivity contribution in [1.82, 2.24) is 25.1 Å². The maximum atomic E-state index is 15.0. The molecule has 14 heteroatoms. The lowest BCUT2D eigenvalue weighted by atomic mass is 9.71. The molecule has 2 unspecified atom stereocenters. The van der Waals surface area contributed by atoms with Gasteiger partial charge in [0.25, 0.3) is 0 Å². The summed E-state index contributed by atoms with van der Waals surface area (Å²) in [4.78, 5) is 22.0. The minimum atomic E-state index is -4.84. The lowest BCUT2D eigenvalue weighted by Crippen LogP contribution is -2.46. The first-order valence-electron chi connectivity index (χ1n) is 16.8. The molecule has 0 amide bonds. The number of alkyl halides is 3. The summed E-state index contributed by atoms with van der Waals surface area (Å²) in [7, 11) is 0. The van der Waals surface area contributed by atoms with Gasteiger partial charge in [0.15, 0.2) is 0 Å². The van der Waals surface area contributed by atoms with Crippen molar-refractivity contribution >= 4 is 17.7 Å². The number of ether oxygens (including phenoxy) is 2. The van der Waals surface area contributed by atoms with Crippen LogP contribution in [0.5, 0.6) is 11.6 Å². The van der Waals surface area contributed by atoms with Gasteiger partial charge in [0.1, 0.15) is 17.6 Å². The molecule has 0 bridgehead atoms. The third-order valence-corrected chi connectivity index (χ3v) is 9.61. The summed E-state index contributed by atoms with van der Waals surface area (Å²) < 4.78 is 57.9. The highest BCUT2D eigenvalue weighted by Crippen LogP contribution is 2.46. The zero-order valence-corrected chi connectivity index (χ0v) is 28.4. The number of piperidine rings is 1. The van der Waals surface area contributed by atoms with Crippen LogP contribution in [-0.4, -0.2) is 68.3 Å². The highest BCUT2D eigenvalue weighted by molar-refractivity contribution is 5.74. The summed E-state index contributed by atoms with van der Waals surface area (Å²) in [6.07, 6.45) is -3.00. The van der Waals surface area contributed by atoms with Gasteiger partial charge in [-0.3, -0.25) is 4.79 Å². The quantitative estimate of drug-likeness (QED) is 0.169. The number of aromatic nitrogens is 4. The molecule has 4 aromatic rings. The molecule has 2 aromatic carbocycles. The molecule has 50 heavy (non-hydrogen) atoms. The van der Waals surface area contributed by atoms with Crippen LogP contribution in [0, 0.1) is 12.3 Å². The Bertz CT molecular complexity index is 1840. The second-order valence-corrected chi connectivity index (χ2v) is 13.4. The number of hydrogen-bond donors (Lipinski definition) is 3. The monoisotopic (exact) mass is 693 g/mol. The van der Waals surface area contributed by atoms with Gasteiger partial charge in [-0.1, -0.05) is 31.2 Å². The highest BCUT2D eigenvalue weighted by Gasteiger charge is 2.50. The molecule has 1 spiro atoms. The van der Waals surface area contributed by atoms with Crippen molar-refractivity contribution in [1.29, 1.82) is 0 Å². The zero-order valence-electron chi connectivity index (χ0n) is 28.4. The van der Waals surface area contributed by atoms with Gasteiger partial charge in [-0.15, -0.1) is 0 Å². The van der Waals surface area contributed by atoms with Crippen LogP contribution < -0.4 is 25.4 Å². The predicted molar refractivity (Wildman–Crippen MR) is 183 cm³/mol. The Labute approximate surface area is 288 Å². The number of carboxylic acid groups (broad SMARTS) is 1. The summed E-state index contributed by atoms with van der Waals surface area (Å²) in [5.41, 5.74) is 7.94. The first-order valence-corrected chi connectivity index (χ1v) is 16.8. The molecular formula is C36H42F3N7O4. The van der Waals surface area contributed by atoms with Crippen LogP contribution >= 0.6 is 0 Å². The molecule has 4 N–H and O–H groups in total. The number of hydrogen-bond acceptors (Lipinski definition) is 9. The van der Waals surface area contributed by atoms with Crippen molar-refractivity contribution in [3.63, 3.8) is 0 Å². The third-order valence-electron chi connectivity index (χ3n) is 9.61. The molecule has 11 nitrogen and oxygen atoms in total. The van der Waals surface area contributed by atoms with E-state index in [-0.39, 0.29) is 40.6 Å². The van der Waals surface area contributed by atoms with Gasteiger partial charge >= 0.3 is 12.1 Å². The van der Waals surface area contributed by atoms with Gasteiger partial charge in [0.05, 0.1) is 17.5 Å². The van der Waals surface area contributed by atoms with Gasteiger partial charge in [-0.05, 0) is 87.3 Å². The summed E-state index contributed by atoms with van der Waals surface area (Å²) in [5, 5.41) is 17.3. The van der Waals surface area contributed by atoms with Crippen LogP contribution in [-0.2, 0) is 4.79 Å². The average molecular weight is 694 g/mol. The van der Waals surface area contributed by atoms with Crippen molar-refractivity contribution in [2.75, 3.05) is 23.7 Å². The number of nitrogen functional groups attached to an aromatic ring is 1. The summed E-state index contributed by atoms with van der Waals surface area (Å²) in [6.45, 7) is 8.68. The molecule has 2 fully saturated rings. The van der Waals surface area contributed by atoms with E-state index in [1.165, 1.54) is 16.8 Å². The van der Waals surface area contributed by atoms with Crippen molar-refractivity contribution in [3.8, 4) is 28.4 Å². The molecule has 0 radical (unpaired) electrons. The number of anilines is 2. The SMILES string of the molecule is CCC1NC(C(=O)O)CC12CCN(c1cc(O[C@H](c3ccc(-c4cccc(OC(C)C)c4)cc3-n3ccc(C)n3)C(F)(F)F)nc(N)n1)CC2. The molecule has 266 valence electrons. The standard InChI is InChI=1S/C36H42F3N7O4/c1-5-29-35(20-27(41-29)33(47)48)12-15-45(16-13-35)30-19-31(43-34(40)42-30)50-32(36(37,38)39)26-10-9-24(18-28(26)46-14-11-22(4)44-46)23-7-6-8-25(17-23)49-21(2)3/h6-11,14,17-19,21,27,29,32,41H,5,12-13,15-16,20H2,1-4H3,(H,47,48)(H2,40,42,43)/t27?,29?,32-/m1/s1. The van der Waals surface area contributed by atoms with Crippen LogP contribution in [0.25, 0.3) is 16.8 Å². The number of nitrogens with one attached hydrogen (secondary N) is 1. The molecule has 2 aliphatic rings. The smallest absolute Gasteiger partial charge is 0.429 e.